The second kappa shape index (κ2) is 11.0. The molecule has 7 heteroatoms. The van der Waals surface area contributed by atoms with Gasteiger partial charge >= 0.3 is 0 Å². The van der Waals surface area contributed by atoms with Gasteiger partial charge in [0.15, 0.2) is 5.96 Å². The van der Waals surface area contributed by atoms with E-state index in [2.05, 4.69) is 39.3 Å². The number of amides is 1. The van der Waals surface area contributed by atoms with Gasteiger partial charge in [0.25, 0.3) is 0 Å². The van der Waals surface area contributed by atoms with Gasteiger partial charge in [-0.2, -0.15) is 0 Å². The summed E-state index contributed by atoms with van der Waals surface area (Å²) in [4.78, 5) is 18.2. The van der Waals surface area contributed by atoms with E-state index in [-0.39, 0.29) is 12.5 Å². The Morgan fingerprint density at radius 3 is 2.61 bits per heavy atom. The van der Waals surface area contributed by atoms with Crippen molar-refractivity contribution in [2.24, 2.45) is 4.99 Å². The first-order valence-corrected chi connectivity index (χ1v) is 8.14. The highest BCUT2D eigenvalue weighted by molar-refractivity contribution is 5.86. The number of hydrogen-bond acceptors (Lipinski definition) is 4. The molecule has 132 valence electrons. The summed E-state index contributed by atoms with van der Waals surface area (Å²) in [5.41, 5.74) is 1.20. The summed E-state index contributed by atoms with van der Waals surface area (Å²) >= 11 is 0. The maximum absolute atomic E-state index is 11.6. The Labute approximate surface area is 139 Å². The maximum atomic E-state index is 11.6. The van der Waals surface area contributed by atoms with Gasteiger partial charge in [0, 0.05) is 46.4 Å². The summed E-state index contributed by atoms with van der Waals surface area (Å²) in [6.07, 6.45) is 2.13. The van der Waals surface area contributed by atoms with Crippen LogP contribution in [0.1, 0.15) is 19.8 Å². The minimum Gasteiger partial charge on any atom is -0.383 e. The lowest BCUT2D eigenvalue weighted by atomic mass is 10.0. The van der Waals surface area contributed by atoms with Crippen LogP contribution < -0.4 is 16.0 Å². The highest BCUT2D eigenvalue weighted by Gasteiger charge is 2.19. The number of rotatable bonds is 8. The molecule has 0 aromatic heterocycles. The molecule has 1 aliphatic heterocycles. The number of ether oxygens (including phenoxy) is 1. The van der Waals surface area contributed by atoms with Crippen LogP contribution in [0.2, 0.25) is 0 Å². The van der Waals surface area contributed by atoms with E-state index >= 15 is 0 Å². The Hall–Kier alpha value is -1.60. The second-order valence-corrected chi connectivity index (χ2v) is 5.92. The average molecular weight is 325 g/mol. The van der Waals surface area contributed by atoms with Gasteiger partial charge in [0.05, 0.1) is 13.2 Å². The molecule has 0 radical (unpaired) electrons. The van der Waals surface area contributed by atoms with Gasteiger partial charge in [-0.1, -0.05) is 12.2 Å². The van der Waals surface area contributed by atoms with E-state index in [9.17, 15) is 4.79 Å². The topological polar surface area (TPSA) is 78.0 Å². The van der Waals surface area contributed by atoms with E-state index in [0.717, 1.165) is 32.5 Å². The van der Waals surface area contributed by atoms with Gasteiger partial charge in [-0.25, -0.2) is 0 Å². The minimum absolute atomic E-state index is 0.0683. The quantitative estimate of drug-likeness (QED) is 0.252. The zero-order valence-corrected chi connectivity index (χ0v) is 14.7. The molecule has 1 fully saturated rings. The zero-order valence-electron chi connectivity index (χ0n) is 14.7. The number of hydrogen-bond donors (Lipinski definition) is 3. The Morgan fingerprint density at radius 2 is 2.04 bits per heavy atom. The summed E-state index contributed by atoms with van der Waals surface area (Å²) < 4.78 is 4.89. The number of nitrogens with zero attached hydrogens (tertiary/aromatic N) is 2. The largest absolute Gasteiger partial charge is 0.383 e. The van der Waals surface area contributed by atoms with E-state index in [1.807, 2.05) is 0 Å². The molecule has 0 aliphatic carbocycles. The standard InChI is InChI=1S/C16H31N5O2/c1-13(2)12-21-8-5-14(6-9-21)20-16(17-3)19-11-15(22)18-7-10-23-4/h14H,1,5-12H2,2-4H3,(H,18,22)(H2,17,19,20). The van der Waals surface area contributed by atoms with Gasteiger partial charge in [-0.3, -0.25) is 14.7 Å². The Morgan fingerprint density at radius 1 is 1.35 bits per heavy atom. The van der Waals surface area contributed by atoms with E-state index < -0.39 is 0 Å². The first-order chi connectivity index (χ1) is 11.0. The van der Waals surface area contributed by atoms with Crippen LogP contribution in [0.4, 0.5) is 0 Å². The second-order valence-electron chi connectivity index (χ2n) is 5.92. The first-order valence-electron chi connectivity index (χ1n) is 8.14. The first kappa shape index (κ1) is 19.4. The zero-order chi connectivity index (χ0) is 17.1. The molecule has 7 nitrogen and oxygen atoms in total. The maximum Gasteiger partial charge on any atom is 0.239 e. The molecule has 0 bridgehead atoms. The smallest absolute Gasteiger partial charge is 0.239 e. The van der Waals surface area contributed by atoms with Crippen molar-refractivity contribution in [3.8, 4) is 0 Å². The molecule has 3 N–H and O–H groups in total. The van der Waals surface area contributed by atoms with Crippen molar-refractivity contribution in [3.05, 3.63) is 12.2 Å². The van der Waals surface area contributed by atoms with Crippen LogP contribution in [-0.4, -0.2) is 76.3 Å². The number of piperidine rings is 1. The number of nitrogens with one attached hydrogen (secondary N) is 3. The van der Waals surface area contributed by atoms with Gasteiger partial charge < -0.3 is 20.7 Å². The fraction of sp³-hybridized carbons (Fsp3) is 0.750. The van der Waals surface area contributed by atoms with Crippen LogP contribution in [0.3, 0.4) is 0 Å². The molecule has 0 aromatic carbocycles. The van der Waals surface area contributed by atoms with Gasteiger partial charge in [0.1, 0.15) is 0 Å². The van der Waals surface area contributed by atoms with Crippen LogP contribution in [-0.2, 0) is 9.53 Å². The number of methoxy groups -OCH3 is 1. The molecule has 1 heterocycles. The number of aliphatic imine (C=N–C) groups is 1. The molecule has 23 heavy (non-hydrogen) atoms. The van der Waals surface area contributed by atoms with Crippen LogP contribution in [0, 0.1) is 0 Å². The van der Waals surface area contributed by atoms with Crippen molar-refractivity contribution in [1.82, 2.24) is 20.9 Å². The lowest BCUT2D eigenvalue weighted by Gasteiger charge is -2.33. The molecular formula is C16H31N5O2. The molecule has 1 rings (SSSR count). The Kier molecular flexibility index (Phi) is 9.31. The average Bonchev–Trinajstić information content (AvgIpc) is 2.52. The summed E-state index contributed by atoms with van der Waals surface area (Å²) in [7, 11) is 3.33. The lowest BCUT2D eigenvalue weighted by Crippen LogP contribution is -2.50. The van der Waals surface area contributed by atoms with Crippen molar-refractivity contribution in [3.63, 3.8) is 0 Å². The predicted molar refractivity (Wildman–Crippen MR) is 93.7 cm³/mol. The van der Waals surface area contributed by atoms with Crippen molar-refractivity contribution >= 4 is 11.9 Å². The fourth-order valence-corrected chi connectivity index (χ4v) is 2.52. The van der Waals surface area contributed by atoms with Crippen molar-refractivity contribution in [2.75, 3.05) is 53.5 Å². The Bertz CT molecular complexity index is 403. The van der Waals surface area contributed by atoms with E-state index in [1.165, 1.54) is 5.57 Å². The van der Waals surface area contributed by atoms with Crippen LogP contribution in [0.5, 0.6) is 0 Å². The summed E-state index contributed by atoms with van der Waals surface area (Å²) in [6.45, 7) is 10.4. The van der Waals surface area contributed by atoms with Crippen LogP contribution in [0.25, 0.3) is 0 Å². The molecule has 0 aromatic rings. The van der Waals surface area contributed by atoms with Gasteiger partial charge in [-0.15, -0.1) is 0 Å². The van der Waals surface area contributed by atoms with Crippen LogP contribution in [0.15, 0.2) is 17.1 Å². The summed E-state index contributed by atoms with van der Waals surface area (Å²) in [5, 5.41) is 9.20. The van der Waals surface area contributed by atoms with Crippen molar-refractivity contribution in [1.29, 1.82) is 0 Å². The van der Waals surface area contributed by atoms with Crippen LogP contribution >= 0.6 is 0 Å². The number of likely N-dealkylation sites (tertiary alicyclic amines) is 1. The highest BCUT2D eigenvalue weighted by Crippen LogP contribution is 2.11. The van der Waals surface area contributed by atoms with Crippen molar-refractivity contribution in [2.45, 2.75) is 25.8 Å². The van der Waals surface area contributed by atoms with Gasteiger partial charge in [0.2, 0.25) is 5.91 Å². The third kappa shape index (κ3) is 8.56. The summed E-state index contributed by atoms with van der Waals surface area (Å²) in [5.74, 6) is 0.603. The summed E-state index contributed by atoms with van der Waals surface area (Å²) in [6, 6.07) is 0.388. The minimum atomic E-state index is -0.0683. The molecular weight excluding hydrogens is 294 g/mol. The molecule has 0 saturated carbocycles. The van der Waals surface area contributed by atoms with E-state index in [4.69, 9.17) is 4.74 Å². The number of carbonyl (C=O) groups is 1. The van der Waals surface area contributed by atoms with E-state index in [1.54, 1.807) is 14.2 Å². The van der Waals surface area contributed by atoms with Crippen molar-refractivity contribution < 1.29 is 9.53 Å². The molecule has 0 spiro atoms. The lowest BCUT2D eigenvalue weighted by molar-refractivity contribution is -0.120. The van der Waals surface area contributed by atoms with Gasteiger partial charge in [-0.05, 0) is 19.8 Å². The number of guanidine groups is 1. The van der Waals surface area contributed by atoms with E-state index in [0.29, 0.717) is 25.2 Å². The SMILES string of the molecule is C=C(C)CN1CCC(NC(=NC)NCC(=O)NCCOC)CC1. The Balaban J connectivity index is 2.24. The normalized spacial score (nSPS) is 16.9. The third-order valence-electron chi connectivity index (χ3n) is 3.69. The molecule has 0 unspecified atom stereocenters. The molecule has 0 atom stereocenters. The molecule has 1 amide bonds. The fourth-order valence-electron chi connectivity index (χ4n) is 2.52. The molecule has 1 saturated heterocycles. The number of carbonyl (C=O) groups excluding carboxylic acids is 1. The predicted octanol–water partition coefficient (Wildman–Crippen LogP) is -0.0455. The third-order valence-corrected chi connectivity index (χ3v) is 3.69. The molecule has 1 aliphatic rings. The monoisotopic (exact) mass is 325 g/mol. The highest BCUT2D eigenvalue weighted by atomic mass is 16.5.